The molecule has 1 aromatic rings. The van der Waals surface area contributed by atoms with E-state index < -0.39 is 0 Å². The lowest BCUT2D eigenvalue weighted by Gasteiger charge is -2.07. The molecule has 1 unspecified atom stereocenters. The summed E-state index contributed by atoms with van der Waals surface area (Å²) in [5.41, 5.74) is 0. The predicted molar refractivity (Wildman–Crippen MR) is 51.1 cm³/mol. The highest BCUT2D eigenvalue weighted by Gasteiger charge is 2.07. The Balaban J connectivity index is 2.51. The molecule has 1 rings (SSSR count). The van der Waals surface area contributed by atoms with Crippen LogP contribution in [0, 0.1) is 0 Å². The van der Waals surface area contributed by atoms with E-state index in [1.54, 1.807) is 6.20 Å². The van der Waals surface area contributed by atoms with Crippen molar-refractivity contribution in [3.63, 3.8) is 0 Å². The minimum atomic E-state index is 0.403. The molecule has 0 aliphatic rings. The van der Waals surface area contributed by atoms with Crippen LogP contribution in [0.3, 0.4) is 0 Å². The van der Waals surface area contributed by atoms with Crippen LogP contribution in [0.2, 0.25) is 0 Å². The molecule has 1 N–H and O–H groups in total. The van der Waals surface area contributed by atoms with Crippen molar-refractivity contribution in [1.82, 2.24) is 9.97 Å². The largest absolute Gasteiger partial charge is 0.348 e. The van der Waals surface area contributed by atoms with Gasteiger partial charge in [-0.05, 0) is 6.42 Å². The molecule has 2 nitrogen and oxygen atoms in total. The highest BCUT2D eigenvalue weighted by Crippen LogP contribution is 2.18. The van der Waals surface area contributed by atoms with Crippen molar-refractivity contribution in [2.45, 2.75) is 32.1 Å². The van der Waals surface area contributed by atoms with E-state index >= 15 is 0 Å². The molecule has 0 saturated carbocycles. The molecule has 0 spiro atoms. The van der Waals surface area contributed by atoms with Crippen LogP contribution in [-0.4, -0.2) is 9.97 Å². The number of imidazole rings is 1. The number of nitrogens with one attached hydrogen (secondary N) is 1. The molecular formula is C10H16N2. The molecule has 0 saturated heterocycles. The molecule has 0 radical (unpaired) electrons. The highest BCUT2D eigenvalue weighted by atomic mass is 14.9. The van der Waals surface area contributed by atoms with Gasteiger partial charge in [0.1, 0.15) is 5.82 Å². The maximum atomic E-state index is 4.21. The zero-order chi connectivity index (χ0) is 8.81. The number of aromatic nitrogens is 2. The maximum absolute atomic E-state index is 4.21. The van der Waals surface area contributed by atoms with Crippen LogP contribution >= 0.6 is 0 Å². The second-order valence-corrected chi connectivity index (χ2v) is 2.96. The normalized spacial score (nSPS) is 12.8. The molecule has 1 heterocycles. The summed E-state index contributed by atoms with van der Waals surface area (Å²) in [6, 6.07) is 0. The first-order valence-corrected chi connectivity index (χ1v) is 4.50. The van der Waals surface area contributed by atoms with Crippen molar-refractivity contribution in [3.8, 4) is 0 Å². The van der Waals surface area contributed by atoms with Gasteiger partial charge in [0, 0.05) is 18.3 Å². The van der Waals surface area contributed by atoms with E-state index in [0.29, 0.717) is 5.92 Å². The van der Waals surface area contributed by atoms with Crippen molar-refractivity contribution in [2.75, 3.05) is 0 Å². The van der Waals surface area contributed by atoms with Crippen molar-refractivity contribution in [2.24, 2.45) is 0 Å². The zero-order valence-electron chi connectivity index (χ0n) is 7.59. The van der Waals surface area contributed by atoms with E-state index in [1.807, 2.05) is 12.3 Å². The minimum Gasteiger partial charge on any atom is -0.348 e. The lowest BCUT2D eigenvalue weighted by atomic mass is 10.0. The van der Waals surface area contributed by atoms with Gasteiger partial charge in [0.05, 0.1) is 0 Å². The summed E-state index contributed by atoms with van der Waals surface area (Å²) in [6.45, 7) is 6.01. The lowest BCUT2D eigenvalue weighted by Crippen LogP contribution is -1.96. The lowest BCUT2D eigenvalue weighted by molar-refractivity contribution is 0.642. The Bertz CT molecular complexity index is 214. The Labute approximate surface area is 73.7 Å². The van der Waals surface area contributed by atoms with E-state index in [4.69, 9.17) is 0 Å². The topological polar surface area (TPSA) is 28.7 Å². The fourth-order valence-electron chi connectivity index (χ4n) is 1.27. The first-order chi connectivity index (χ1) is 5.88. The van der Waals surface area contributed by atoms with Crippen LogP contribution in [0.25, 0.3) is 0 Å². The average molecular weight is 164 g/mol. The van der Waals surface area contributed by atoms with Gasteiger partial charge in [0.15, 0.2) is 0 Å². The number of hydrogen-bond acceptors (Lipinski definition) is 1. The number of aromatic amines is 1. The number of unbranched alkanes of at least 4 members (excludes halogenated alkanes) is 1. The van der Waals surface area contributed by atoms with E-state index in [0.717, 1.165) is 12.2 Å². The SMILES string of the molecule is C=CC(CCCC)c1ncc[nH]1. The van der Waals surface area contributed by atoms with Crippen molar-refractivity contribution >= 4 is 0 Å². The van der Waals surface area contributed by atoms with Crippen molar-refractivity contribution in [3.05, 3.63) is 30.9 Å². The summed E-state index contributed by atoms with van der Waals surface area (Å²) in [5, 5.41) is 0. The number of hydrogen-bond donors (Lipinski definition) is 1. The Kier molecular flexibility index (Phi) is 3.58. The van der Waals surface area contributed by atoms with Gasteiger partial charge in [0.25, 0.3) is 0 Å². The Morgan fingerprint density at radius 3 is 3.08 bits per heavy atom. The number of allylic oxidation sites excluding steroid dienone is 1. The molecule has 0 aliphatic heterocycles. The monoisotopic (exact) mass is 164 g/mol. The molecule has 2 heteroatoms. The van der Waals surface area contributed by atoms with Gasteiger partial charge in [0.2, 0.25) is 0 Å². The molecular weight excluding hydrogens is 148 g/mol. The first-order valence-electron chi connectivity index (χ1n) is 4.50. The standard InChI is InChI=1S/C10H16N2/c1-3-5-6-9(4-2)10-11-7-8-12-10/h4,7-9H,2-3,5-6H2,1H3,(H,11,12). The van der Waals surface area contributed by atoms with Crippen LogP contribution in [-0.2, 0) is 0 Å². The Morgan fingerprint density at radius 1 is 1.75 bits per heavy atom. The van der Waals surface area contributed by atoms with E-state index in [9.17, 15) is 0 Å². The molecule has 0 aromatic carbocycles. The second-order valence-electron chi connectivity index (χ2n) is 2.96. The molecule has 0 fully saturated rings. The van der Waals surface area contributed by atoms with E-state index in [2.05, 4.69) is 23.5 Å². The van der Waals surface area contributed by atoms with E-state index in [1.165, 1.54) is 12.8 Å². The minimum absolute atomic E-state index is 0.403. The molecule has 0 bridgehead atoms. The summed E-state index contributed by atoms with van der Waals surface area (Å²) < 4.78 is 0. The fraction of sp³-hybridized carbons (Fsp3) is 0.500. The zero-order valence-corrected chi connectivity index (χ0v) is 7.59. The Morgan fingerprint density at radius 2 is 2.58 bits per heavy atom. The van der Waals surface area contributed by atoms with Gasteiger partial charge in [-0.1, -0.05) is 25.8 Å². The summed E-state index contributed by atoms with van der Waals surface area (Å²) in [7, 11) is 0. The van der Waals surface area contributed by atoms with Gasteiger partial charge in [-0.25, -0.2) is 4.98 Å². The van der Waals surface area contributed by atoms with Gasteiger partial charge in [-0.15, -0.1) is 6.58 Å². The molecule has 66 valence electrons. The summed E-state index contributed by atoms with van der Waals surface area (Å²) in [6.07, 6.45) is 9.22. The van der Waals surface area contributed by atoms with Crippen molar-refractivity contribution < 1.29 is 0 Å². The third-order valence-corrected chi connectivity index (χ3v) is 2.02. The smallest absolute Gasteiger partial charge is 0.112 e. The molecule has 0 aliphatic carbocycles. The average Bonchev–Trinajstić information content (AvgIpc) is 2.59. The second kappa shape index (κ2) is 4.75. The summed E-state index contributed by atoms with van der Waals surface area (Å²) in [5.74, 6) is 1.44. The number of rotatable bonds is 5. The van der Waals surface area contributed by atoms with Gasteiger partial charge >= 0.3 is 0 Å². The molecule has 0 amide bonds. The molecule has 1 aromatic heterocycles. The van der Waals surface area contributed by atoms with Gasteiger partial charge in [-0.2, -0.15) is 0 Å². The summed E-state index contributed by atoms with van der Waals surface area (Å²) >= 11 is 0. The number of nitrogens with zero attached hydrogens (tertiary/aromatic N) is 1. The number of H-pyrrole nitrogens is 1. The predicted octanol–water partition coefficient (Wildman–Crippen LogP) is 2.87. The van der Waals surface area contributed by atoms with Gasteiger partial charge in [-0.3, -0.25) is 0 Å². The molecule has 12 heavy (non-hydrogen) atoms. The fourth-order valence-corrected chi connectivity index (χ4v) is 1.27. The highest BCUT2D eigenvalue weighted by molar-refractivity contribution is 5.04. The summed E-state index contributed by atoms with van der Waals surface area (Å²) in [4.78, 5) is 7.33. The molecule has 1 atom stereocenters. The van der Waals surface area contributed by atoms with Gasteiger partial charge < -0.3 is 4.98 Å². The quantitative estimate of drug-likeness (QED) is 0.666. The third kappa shape index (κ3) is 2.22. The van der Waals surface area contributed by atoms with Crippen LogP contribution in [0.1, 0.15) is 37.9 Å². The van der Waals surface area contributed by atoms with Crippen LogP contribution < -0.4 is 0 Å². The maximum Gasteiger partial charge on any atom is 0.112 e. The van der Waals surface area contributed by atoms with Crippen LogP contribution in [0.5, 0.6) is 0 Å². The van der Waals surface area contributed by atoms with Crippen molar-refractivity contribution in [1.29, 1.82) is 0 Å². The van der Waals surface area contributed by atoms with Crippen LogP contribution in [0.4, 0.5) is 0 Å². The Hall–Kier alpha value is -1.05. The van der Waals surface area contributed by atoms with E-state index in [-0.39, 0.29) is 0 Å². The van der Waals surface area contributed by atoms with Crippen LogP contribution in [0.15, 0.2) is 25.0 Å². The third-order valence-electron chi connectivity index (χ3n) is 2.02. The first kappa shape index (κ1) is 9.04.